The number of aryl methyl sites for hydroxylation is 1. The maximum atomic E-state index is 13.9. The maximum Gasteiger partial charge on any atom is 0.251 e. The van der Waals surface area contributed by atoms with Crippen molar-refractivity contribution in [1.82, 2.24) is 4.90 Å². The van der Waals surface area contributed by atoms with E-state index in [1.54, 1.807) is 24.3 Å². The third-order valence-corrected chi connectivity index (χ3v) is 4.69. The summed E-state index contributed by atoms with van der Waals surface area (Å²) in [6, 6.07) is 8.77. The average molecular weight is 425 g/mol. The van der Waals surface area contributed by atoms with Crippen molar-refractivity contribution in [2.45, 2.75) is 19.9 Å². The monoisotopic (exact) mass is 425 g/mol. The first kappa shape index (κ1) is 21.9. The highest BCUT2D eigenvalue weighted by Crippen LogP contribution is 2.19. The number of amides is 2. The molecule has 31 heavy (non-hydrogen) atoms. The molecule has 0 atom stereocenters. The highest BCUT2D eigenvalue weighted by Gasteiger charge is 2.20. The minimum atomic E-state index is -0.847. The SMILES string of the molecule is CCc1ccc(OC=N/C=C\C2=CC(=O)N(Cc3ccc(C(N)=O)c(F)c3)C2)c(F)c1. The summed E-state index contributed by atoms with van der Waals surface area (Å²) in [6.07, 6.45) is 6.35. The second-order valence-corrected chi connectivity index (χ2v) is 6.90. The number of rotatable bonds is 8. The van der Waals surface area contributed by atoms with Gasteiger partial charge in [-0.05, 0) is 53.5 Å². The minimum Gasteiger partial charge on any atom is -0.443 e. The number of aliphatic imine (C=N–C) groups is 1. The first-order valence-corrected chi connectivity index (χ1v) is 9.58. The second kappa shape index (κ2) is 9.80. The summed E-state index contributed by atoms with van der Waals surface area (Å²) in [5.74, 6) is -2.18. The fourth-order valence-corrected chi connectivity index (χ4v) is 3.03. The average Bonchev–Trinajstić information content (AvgIpc) is 3.07. The second-order valence-electron chi connectivity index (χ2n) is 6.90. The Labute approximate surface area is 178 Å². The Kier molecular flexibility index (Phi) is 6.92. The van der Waals surface area contributed by atoms with Gasteiger partial charge in [-0.25, -0.2) is 13.8 Å². The fraction of sp³-hybridized carbons (Fsp3) is 0.174. The number of benzene rings is 2. The summed E-state index contributed by atoms with van der Waals surface area (Å²) in [4.78, 5) is 28.7. The van der Waals surface area contributed by atoms with Crippen LogP contribution in [-0.2, 0) is 17.8 Å². The zero-order valence-electron chi connectivity index (χ0n) is 16.8. The summed E-state index contributed by atoms with van der Waals surface area (Å²) in [6.45, 7) is 2.43. The summed E-state index contributed by atoms with van der Waals surface area (Å²) in [7, 11) is 0. The first-order chi connectivity index (χ1) is 14.9. The predicted octanol–water partition coefficient (Wildman–Crippen LogP) is 3.52. The van der Waals surface area contributed by atoms with Crippen molar-refractivity contribution in [2.75, 3.05) is 6.54 Å². The molecule has 0 fully saturated rings. The van der Waals surface area contributed by atoms with Gasteiger partial charge < -0.3 is 15.4 Å². The van der Waals surface area contributed by atoms with Crippen LogP contribution < -0.4 is 10.5 Å². The Morgan fingerprint density at radius 1 is 1.19 bits per heavy atom. The number of nitrogens with zero attached hydrogens (tertiary/aromatic N) is 2. The lowest BCUT2D eigenvalue weighted by molar-refractivity contribution is -0.125. The van der Waals surface area contributed by atoms with Crippen LogP contribution in [0.2, 0.25) is 0 Å². The molecule has 0 radical (unpaired) electrons. The van der Waals surface area contributed by atoms with Crippen molar-refractivity contribution in [1.29, 1.82) is 0 Å². The highest BCUT2D eigenvalue weighted by atomic mass is 19.1. The lowest BCUT2D eigenvalue weighted by Crippen LogP contribution is -2.25. The van der Waals surface area contributed by atoms with Gasteiger partial charge in [-0.2, -0.15) is 0 Å². The number of primary amides is 1. The molecule has 0 aliphatic carbocycles. The molecule has 0 aromatic heterocycles. The van der Waals surface area contributed by atoms with Crippen molar-refractivity contribution in [3.05, 3.63) is 88.6 Å². The molecule has 160 valence electrons. The Morgan fingerprint density at radius 3 is 2.61 bits per heavy atom. The van der Waals surface area contributed by atoms with Crippen LogP contribution in [-0.4, -0.2) is 29.7 Å². The van der Waals surface area contributed by atoms with E-state index in [4.69, 9.17) is 10.5 Å². The van der Waals surface area contributed by atoms with Crippen molar-refractivity contribution in [3.63, 3.8) is 0 Å². The van der Waals surface area contributed by atoms with Crippen LogP contribution in [0.1, 0.15) is 28.4 Å². The molecule has 0 saturated heterocycles. The molecule has 2 N–H and O–H groups in total. The Bertz CT molecular complexity index is 1090. The zero-order valence-corrected chi connectivity index (χ0v) is 16.8. The van der Waals surface area contributed by atoms with Gasteiger partial charge >= 0.3 is 0 Å². The minimum absolute atomic E-state index is 0.0744. The Morgan fingerprint density at radius 2 is 1.94 bits per heavy atom. The van der Waals surface area contributed by atoms with Crippen LogP contribution in [0.15, 0.2) is 65.3 Å². The summed E-state index contributed by atoms with van der Waals surface area (Å²) in [5, 5.41) is 0. The lowest BCUT2D eigenvalue weighted by Gasteiger charge is -2.16. The number of hydrogen-bond acceptors (Lipinski definition) is 4. The number of halogens is 2. The number of ether oxygens (including phenoxy) is 1. The topological polar surface area (TPSA) is 85.0 Å². The normalized spacial score (nSPS) is 14.0. The Balaban J connectivity index is 1.53. The van der Waals surface area contributed by atoms with E-state index in [-0.39, 0.29) is 23.8 Å². The van der Waals surface area contributed by atoms with E-state index in [2.05, 4.69) is 4.99 Å². The molecule has 1 aliphatic rings. The van der Waals surface area contributed by atoms with Crippen molar-refractivity contribution < 1.29 is 23.1 Å². The standard InChI is InChI=1S/C23H21F2N3O3/c1-2-15-4-6-21(20(25)9-15)31-14-27-8-7-17-11-22(29)28(13-17)12-16-3-5-18(23(26)30)19(24)10-16/h3-11,14H,2,12-13H2,1H3,(H2,26,30)/b8-7-,27-14?. The molecule has 0 bridgehead atoms. The van der Waals surface area contributed by atoms with Gasteiger partial charge in [0.05, 0.1) is 5.56 Å². The molecule has 8 heteroatoms. The largest absolute Gasteiger partial charge is 0.443 e. The maximum absolute atomic E-state index is 13.9. The quantitative estimate of drug-likeness (QED) is 0.519. The molecule has 2 aromatic rings. The zero-order chi connectivity index (χ0) is 22.4. The molecule has 1 aliphatic heterocycles. The number of nitrogens with two attached hydrogens (primary N) is 1. The Hall–Kier alpha value is -3.81. The molecule has 0 unspecified atom stereocenters. The van der Waals surface area contributed by atoms with Crippen LogP contribution in [0.25, 0.3) is 0 Å². The molecule has 1 heterocycles. The van der Waals surface area contributed by atoms with Crippen LogP contribution in [0.5, 0.6) is 5.75 Å². The van der Waals surface area contributed by atoms with Crippen molar-refractivity contribution >= 4 is 18.2 Å². The molecule has 2 aromatic carbocycles. The van der Waals surface area contributed by atoms with E-state index in [1.165, 1.54) is 35.4 Å². The van der Waals surface area contributed by atoms with Gasteiger partial charge in [0.15, 0.2) is 18.0 Å². The molecular weight excluding hydrogens is 404 g/mol. The van der Waals surface area contributed by atoms with Crippen molar-refractivity contribution in [2.24, 2.45) is 10.7 Å². The van der Waals surface area contributed by atoms with Gasteiger partial charge in [-0.1, -0.05) is 19.1 Å². The van der Waals surface area contributed by atoms with E-state index in [0.717, 1.165) is 18.4 Å². The van der Waals surface area contributed by atoms with Gasteiger partial charge in [0, 0.05) is 25.4 Å². The third kappa shape index (κ3) is 5.63. The lowest BCUT2D eigenvalue weighted by atomic mass is 10.1. The molecule has 6 nitrogen and oxygen atoms in total. The van der Waals surface area contributed by atoms with Crippen molar-refractivity contribution in [3.8, 4) is 5.75 Å². The summed E-state index contributed by atoms with van der Waals surface area (Å²) >= 11 is 0. The highest BCUT2D eigenvalue weighted by molar-refractivity contribution is 5.93. The van der Waals surface area contributed by atoms with E-state index in [9.17, 15) is 18.4 Å². The smallest absolute Gasteiger partial charge is 0.251 e. The third-order valence-electron chi connectivity index (χ3n) is 4.69. The summed E-state index contributed by atoms with van der Waals surface area (Å²) < 4.78 is 32.9. The number of hydrogen-bond donors (Lipinski definition) is 1. The fourth-order valence-electron chi connectivity index (χ4n) is 3.03. The van der Waals surface area contributed by atoms with E-state index in [1.807, 2.05) is 6.92 Å². The van der Waals surface area contributed by atoms with Gasteiger partial charge in [0.1, 0.15) is 5.82 Å². The van der Waals surface area contributed by atoms with Gasteiger partial charge in [0.2, 0.25) is 5.91 Å². The van der Waals surface area contributed by atoms with Gasteiger partial charge in [-0.3, -0.25) is 9.59 Å². The number of carbonyl (C=O) groups excluding carboxylic acids is 2. The first-order valence-electron chi connectivity index (χ1n) is 9.58. The van der Waals surface area contributed by atoms with Crippen LogP contribution >= 0.6 is 0 Å². The molecule has 3 rings (SSSR count). The van der Waals surface area contributed by atoms with Gasteiger partial charge in [0.25, 0.3) is 5.91 Å². The molecule has 0 spiro atoms. The predicted molar refractivity (Wildman–Crippen MR) is 112 cm³/mol. The van der Waals surface area contributed by atoms with E-state index in [0.29, 0.717) is 17.7 Å². The van der Waals surface area contributed by atoms with E-state index < -0.39 is 17.5 Å². The molecular formula is C23H21F2N3O3. The summed E-state index contributed by atoms with van der Waals surface area (Å²) in [5.41, 5.74) is 7.01. The van der Waals surface area contributed by atoms with Crippen LogP contribution in [0.3, 0.4) is 0 Å². The van der Waals surface area contributed by atoms with Gasteiger partial charge in [-0.15, -0.1) is 0 Å². The number of carbonyl (C=O) groups is 2. The van der Waals surface area contributed by atoms with E-state index >= 15 is 0 Å². The van der Waals surface area contributed by atoms with Crippen LogP contribution in [0.4, 0.5) is 8.78 Å². The molecule has 2 amide bonds. The molecule has 0 saturated carbocycles. The van der Waals surface area contributed by atoms with Crippen LogP contribution in [0, 0.1) is 11.6 Å².